The summed E-state index contributed by atoms with van der Waals surface area (Å²) in [5.41, 5.74) is 0. The molecule has 0 aromatic carbocycles. The van der Waals surface area contributed by atoms with Gasteiger partial charge in [-0.1, -0.05) is 0 Å². The lowest BCUT2D eigenvalue weighted by Crippen LogP contribution is -2.08. The highest BCUT2D eigenvalue weighted by Gasteiger charge is 1.88. The van der Waals surface area contributed by atoms with Gasteiger partial charge in [0.25, 0.3) is 0 Å². The smallest absolute Gasteiger partial charge is 0.152 e. The van der Waals surface area contributed by atoms with Crippen molar-refractivity contribution in [2.75, 3.05) is 40.4 Å². The Morgan fingerprint density at radius 1 is 0.538 bits per heavy atom. The lowest BCUT2D eigenvalue weighted by Gasteiger charge is -2.06. The van der Waals surface area contributed by atoms with Crippen LogP contribution in [0.1, 0.15) is 13.8 Å². The van der Waals surface area contributed by atoms with E-state index in [1.165, 1.54) is 0 Å². The van der Waals surface area contributed by atoms with E-state index in [0.29, 0.717) is 13.2 Å². The maximum absolute atomic E-state index is 4.92. The lowest BCUT2D eigenvalue weighted by molar-refractivity contribution is -0.190. The predicted molar refractivity (Wildman–Crippen MR) is 46.0 cm³/mol. The normalized spacial score (nSPS) is 10.6. The molecular formula is C8H18O5. The molecule has 80 valence electrons. The molecule has 0 atom stereocenters. The Labute approximate surface area is 78.9 Å². The zero-order valence-electron chi connectivity index (χ0n) is 8.28. The summed E-state index contributed by atoms with van der Waals surface area (Å²) in [5, 5.41) is 0. The van der Waals surface area contributed by atoms with Gasteiger partial charge in [0.1, 0.15) is 13.6 Å². The third kappa shape index (κ3) is 11.8. The molecule has 0 aliphatic carbocycles. The Kier molecular flexibility index (Phi) is 11.6. The molecule has 0 N–H and O–H groups in total. The summed E-state index contributed by atoms with van der Waals surface area (Å²) < 4.78 is 24.6. The van der Waals surface area contributed by atoms with Crippen molar-refractivity contribution in [2.24, 2.45) is 0 Å². The second-order valence-electron chi connectivity index (χ2n) is 2.07. The highest BCUT2D eigenvalue weighted by Crippen LogP contribution is 1.83. The maximum Gasteiger partial charge on any atom is 0.152 e. The fourth-order valence-electron chi connectivity index (χ4n) is 0.504. The molecule has 13 heavy (non-hydrogen) atoms. The maximum atomic E-state index is 4.92. The van der Waals surface area contributed by atoms with Crippen molar-refractivity contribution in [3.05, 3.63) is 0 Å². The third-order valence-corrected chi connectivity index (χ3v) is 1.07. The Balaban J connectivity index is 2.76. The van der Waals surface area contributed by atoms with Gasteiger partial charge in [0.15, 0.2) is 13.6 Å². The van der Waals surface area contributed by atoms with Crippen molar-refractivity contribution in [3.8, 4) is 0 Å². The van der Waals surface area contributed by atoms with Gasteiger partial charge in [0, 0.05) is 13.2 Å². The van der Waals surface area contributed by atoms with E-state index in [-0.39, 0.29) is 27.2 Å². The molecule has 0 amide bonds. The average Bonchev–Trinajstić information content (AvgIpc) is 2.16. The number of rotatable bonds is 10. The molecule has 0 unspecified atom stereocenters. The van der Waals surface area contributed by atoms with Crippen LogP contribution >= 0.6 is 0 Å². The zero-order chi connectivity index (χ0) is 9.78. The Bertz CT molecular complexity index is 78.6. The zero-order valence-corrected chi connectivity index (χ0v) is 8.28. The first kappa shape index (κ1) is 12.8. The molecule has 0 saturated carbocycles. The van der Waals surface area contributed by atoms with Gasteiger partial charge in [-0.2, -0.15) is 0 Å². The topological polar surface area (TPSA) is 46.2 Å². The summed E-state index contributed by atoms with van der Waals surface area (Å²) in [6.45, 7) is 5.93. The van der Waals surface area contributed by atoms with Gasteiger partial charge >= 0.3 is 0 Å². The summed E-state index contributed by atoms with van der Waals surface area (Å²) in [4.78, 5) is 0. The van der Waals surface area contributed by atoms with Gasteiger partial charge in [0.05, 0.1) is 0 Å². The van der Waals surface area contributed by atoms with Crippen molar-refractivity contribution in [1.29, 1.82) is 0 Å². The number of hydrogen-bond acceptors (Lipinski definition) is 5. The quantitative estimate of drug-likeness (QED) is 0.382. The SMILES string of the molecule is CCOCOCOCOCOCC. The van der Waals surface area contributed by atoms with Crippen LogP contribution in [0.5, 0.6) is 0 Å². The molecule has 0 spiro atoms. The molecular weight excluding hydrogens is 176 g/mol. The number of hydrogen-bond donors (Lipinski definition) is 0. The molecule has 0 aromatic heterocycles. The fraction of sp³-hybridized carbons (Fsp3) is 1.00. The fourth-order valence-corrected chi connectivity index (χ4v) is 0.504. The van der Waals surface area contributed by atoms with E-state index in [9.17, 15) is 0 Å². The van der Waals surface area contributed by atoms with Crippen LogP contribution in [0.4, 0.5) is 0 Å². The first-order valence-electron chi connectivity index (χ1n) is 4.30. The number of ether oxygens (including phenoxy) is 5. The van der Waals surface area contributed by atoms with E-state index in [2.05, 4.69) is 0 Å². The second kappa shape index (κ2) is 11.8. The Morgan fingerprint density at radius 2 is 0.846 bits per heavy atom. The minimum atomic E-state index is 0.173. The molecule has 0 aliphatic heterocycles. The minimum absolute atomic E-state index is 0.173. The van der Waals surface area contributed by atoms with Gasteiger partial charge in [-0.15, -0.1) is 0 Å². The van der Waals surface area contributed by atoms with Crippen LogP contribution in [0.3, 0.4) is 0 Å². The molecule has 0 saturated heterocycles. The third-order valence-electron chi connectivity index (χ3n) is 1.07. The predicted octanol–water partition coefficient (Wildman–Crippen LogP) is 0.939. The van der Waals surface area contributed by atoms with Crippen LogP contribution in [0.15, 0.2) is 0 Å². The van der Waals surface area contributed by atoms with Crippen LogP contribution in [-0.4, -0.2) is 40.4 Å². The van der Waals surface area contributed by atoms with E-state index in [1.54, 1.807) is 0 Å². The second-order valence-corrected chi connectivity index (χ2v) is 2.07. The van der Waals surface area contributed by atoms with Crippen molar-refractivity contribution in [3.63, 3.8) is 0 Å². The highest BCUT2D eigenvalue weighted by atomic mass is 16.8. The van der Waals surface area contributed by atoms with Crippen molar-refractivity contribution < 1.29 is 23.7 Å². The van der Waals surface area contributed by atoms with E-state index >= 15 is 0 Å². The van der Waals surface area contributed by atoms with Crippen molar-refractivity contribution in [2.45, 2.75) is 13.8 Å². The molecule has 0 aromatic rings. The minimum Gasteiger partial charge on any atom is -0.356 e. The van der Waals surface area contributed by atoms with Crippen molar-refractivity contribution >= 4 is 0 Å². The van der Waals surface area contributed by atoms with Crippen molar-refractivity contribution in [1.82, 2.24) is 0 Å². The van der Waals surface area contributed by atoms with Gasteiger partial charge < -0.3 is 23.7 Å². The van der Waals surface area contributed by atoms with Gasteiger partial charge in [-0.25, -0.2) is 0 Å². The van der Waals surface area contributed by atoms with Gasteiger partial charge in [-0.3, -0.25) is 0 Å². The molecule has 0 radical (unpaired) electrons. The molecule has 5 nitrogen and oxygen atoms in total. The van der Waals surface area contributed by atoms with E-state index in [0.717, 1.165) is 0 Å². The van der Waals surface area contributed by atoms with Gasteiger partial charge in [-0.05, 0) is 13.8 Å². The first-order valence-corrected chi connectivity index (χ1v) is 4.30. The monoisotopic (exact) mass is 194 g/mol. The summed E-state index contributed by atoms with van der Waals surface area (Å²) in [6, 6.07) is 0. The standard InChI is InChI=1S/C8H18O5/c1-3-9-5-11-7-13-8-12-6-10-4-2/h3-8H2,1-2H3. The average molecular weight is 194 g/mol. The largest absolute Gasteiger partial charge is 0.356 e. The first-order chi connectivity index (χ1) is 6.41. The lowest BCUT2D eigenvalue weighted by atomic mass is 10.9. The molecule has 0 heterocycles. The van der Waals surface area contributed by atoms with Crippen LogP contribution in [0.25, 0.3) is 0 Å². The van der Waals surface area contributed by atoms with E-state index in [4.69, 9.17) is 23.7 Å². The van der Waals surface area contributed by atoms with E-state index in [1.807, 2.05) is 13.8 Å². The molecule has 0 bridgehead atoms. The summed E-state index contributed by atoms with van der Waals surface area (Å²) in [6.07, 6.45) is 0. The van der Waals surface area contributed by atoms with Crippen LogP contribution < -0.4 is 0 Å². The molecule has 0 fully saturated rings. The molecule has 0 aliphatic rings. The summed E-state index contributed by atoms with van der Waals surface area (Å²) in [5.74, 6) is 0. The van der Waals surface area contributed by atoms with Crippen LogP contribution in [0, 0.1) is 0 Å². The molecule has 5 heteroatoms. The summed E-state index contributed by atoms with van der Waals surface area (Å²) >= 11 is 0. The highest BCUT2D eigenvalue weighted by molar-refractivity contribution is 4.09. The van der Waals surface area contributed by atoms with Crippen LogP contribution in [-0.2, 0) is 23.7 Å². The Morgan fingerprint density at radius 3 is 1.15 bits per heavy atom. The molecule has 0 rings (SSSR count). The van der Waals surface area contributed by atoms with E-state index < -0.39 is 0 Å². The summed E-state index contributed by atoms with van der Waals surface area (Å²) in [7, 11) is 0. The Hall–Kier alpha value is -0.200. The van der Waals surface area contributed by atoms with Crippen LogP contribution in [0.2, 0.25) is 0 Å². The van der Waals surface area contributed by atoms with Gasteiger partial charge in [0.2, 0.25) is 0 Å².